The lowest BCUT2D eigenvalue weighted by molar-refractivity contribution is 0.0691. The average Bonchev–Trinajstić information content (AvgIpc) is 2.82. The lowest BCUT2D eigenvalue weighted by Gasteiger charge is -1.91. The molecule has 0 fully saturated rings. The average molecular weight is 230 g/mol. The first-order chi connectivity index (χ1) is 7.77. The molecule has 1 aromatic rings. The molecule has 16 heavy (non-hydrogen) atoms. The first kappa shape index (κ1) is 9.23. The summed E-state index contributed by atoms with van der Waals surface area (Å²) in [7, 11) is 0. The number of hydrogen-bond acceptors (Lipinski definition) is 4. The van der Waals surface area contributed by atoms with Gasteiger partial charge < -0.3 is 5.11 Å². The number of fused-ring (bicyclic) bond motifs is 3. The molecule has 3 rings (SSSR count). The zero-order valence-corrected chi connectivity index (χ0v) is 8.86. The lowest BCUT2D eigenvalue weighted by atomic mass is 10.1. The fourth-order valence-electron chi connectivity index (χ4n) is 1.71. The Labute approximate surface area is 94.5 Å². The Hall–Kier alpha value is -2.01. The van der Waals surface area contributed by atoms with Gasteiger partial charge >= 0.3 is 5.97 Å². The van der Waals surface area contributed by atoms with Crippen LogP contribution in [0.25, 0.3) is 21.3 Å². The number of aromatic nitrogens is 2. The zero-order chi connectivity index (χ0) is 11.1. The van der Waals surface area contributed by atoms with Crippen LogP contribution >= 0.6 is 11.3 Å². The Morgan fingerprint density at radius 2 is 2.12 bits per heavy atom. The van der Waals surface area contributed by atoms with Crippen LogP contribution < -0.4 is 0 Å². The minimum Gasteiger partial charge on any atom is -0.476 e. The second-order valence-corrected chi connectivity index (χ2v) is 4.29. The van der Waals surface area contributed by atoms with Gasteiger partial charge in [0.1, 0.15) is 5.69 Å². The van der Waals surface area contributed by atoms with Gasteiger partial charge in [-0.2, -0.15) is 0 Å². The summed E-state index contributed by atoms with van der Waals surface area (Å²) in [4.78, 5) is 11.0. The van der Waals surface area contributed by atoms with Gasteiger partial charge in [0.25, 0.3) is 0 Å². The number of hydrogen-bond donors (Lipinski definition) is 1. The van der Waals surface area contributed by atoms with Crippen molar-refractivity contribution in [2.45, 2.75) is 0 Å². The topological polar surface area (TPSA) is 63.1 Å². The highest BCUT2D eigenvalue weighted by Gasteiger charge is 2.19. The predicted octanol–water partition coefficient (Wildman–Crippen LogP) is 2.49. The summed E-state index contributed by atoms with van der Waals surface area (Å²) in [5.41, 5.74) is 1.25. The molecule has 2 aliphatic rings. The third kappa shape index (κ3) is 1.18. The van der Waals surface area contributed by atoms with Crippen LogP contribution in [0.15, 0.2) is 29.6 Å². The summed E-state index contributed by atoms with van der Waals surface area (Å²) in [6.45, 7) is 0. The van der Waals surface area contributed by atoms with Crippen molar-refractivity contribution >= 4 is 27.4 Å². The van der Waals surface area contributed by atoms with Crippen molar-refractivity contribution in [1.29, 1.82) is 0 Å². The number of nitrogens with zero attached hydrogens (tertiary/aromatic N) is 2. The molecular formula is C11H6N2O2S. The van der Waals surface area contributed by atoms with Crippen molar-refractivity contribution in [2.24, 2.45) is 0 Å². The number of thiophene rings is 1. The van der Waals surface area contributed by atoms with Crippen LogP contribution in [0, 0.1) is 0 Å². The monoisotopic (exact) mass is 230 g/mol. The molecule has 0 unspecified atom stereocenters. The largest absolute Gasteiger partial charge is 0.476 e. The Kier molecular flexibility index (Phi) is 1.87. The van der Waals surface area contributed by atoms with E-state index >= 15 is 0 Å². The molecule has 1 N–H and O–H groups in total. The van der Waals surface area contributed by atoms with E-state index in [2.05, 4.69) is 10.2 Å². The number of carbonyl (C=O) groups is 1. The molecule has 1 aliphatic carbocycles. The van der Waals surface area contributed by atoms with Gasteiger partial charge in [-0.1, -0.05) is 12.1 Å². The van der Waals surface area contributed by atoms with E-state index in [0.717, 1.165) is 10.1 Å². The molecule has 0 saturated carbocycles. The molecule has 4 nitrogen and oxygen atoms in total. The minimum absolute atomic E-state index is 0.0127. The van der Waals surface area contributed by atoms with Gasteiger partial charge in [0.15, 0.2) is 5.69 Å². The van der Waals surface area contributed by atoms with Crippen LogP contribution in [-0.4, -0.2) is 21.3 Å². The van der Waals surface area contributed by atoms with Crippen molar-refractivity contribution in [1.82, 2.24) is 10.2 Å². The van der Waals surface area contributed by atoms with Crippen molar-refractivity contribution in [3.63, 3.8) is 0 Å². The quantitative estimate of drug-likeness (QED) is 0.697. The van der Waals surface area contributed by atoms with E-state index in [1.165, 1.54) is 0 Å². The third-order valence-electron chi connectivity index (χ3n) is 2.42. The molecule has 5 heteroatoms. The van der Waals surface area contributed by atoms with Crippen LogP contribution in [0.3, 0.4) is 0 Å². The van der Waals surface area contributed by atoms with Gasteiger partial charge in [-0.3, -0.25) is 0 Å². The van der Waals surface area contributed by atoms with Gasteiger partial charge in [0, 0.05) is 15.6 Å². The summed E-state index contributed by atoms with van der Waals surface area (Å²) in [5.74, 6) is -1.04. The molecule has 0 amide bonds. The van der Waals surface area contributed by atoms with Crippen molar-refractivity contribution in [3.8, 4) is 11.3 Å². The van der Waals surface area contributed by atoms with Gasteiger partial charge in [-0.05, 0) is 17.5 Å². The minimum atomic E-state index is -1.04. The highest BCUT2D eigenvalue weighted by Crippen LogP contribution is 2.32. The van der Waals surface area contributed by atoms with Gasteiger partial charge in [0.2, 0.25) is 0 Å². The van der Waals surface area contributed by atoms with Gasteiger partial charge in [0.05, 0.1) is 0 Å². The molecule has 78 valence electrons. The molecule has 0 atom stereocenters. The smallest absolute Gasteiger partial charge is 0.357 e. The van der Waals surface area contributed by atoms with E-state index in [1.807, 2.05) is 23.6 Å². The summed E-state index contributed by atoms with van der Waals surface area (Å²) in [6.07, 6.45) is 0. The number of carboxylic acids is 1. The van der Waals surface area contributed by atoms with E-state index in [0.29, 0.717) is 11.3 Å². The summed E-state index contributed by atoms with van der Waals surface area (Å²) in [5, 5.41) is 19.5. The second kappa shape index (κ2) is 3.24. The number of rotatable bonds is 1. The lowest BCUT2D eigenvalue weighted by Crippen LogP contribution is -1.97. The fraction of sp³-hybridized carbons (Fsp3) is 0. The van der Waals surface area contributed by atoms with Crippen molar-refractivity contribution in [3.05, 3.63) is 35.3 Å². The molecular weight excluding hydrogens is 224 g/mol. The molecule has 0 aromatic carbocycles. The van der Waals surface area contributed by atoms with E-state index < -0.39 is 5.97 Å². The third-order valence-corrected chi connectivity index (χ3v) is 3.31. The second-order valence-electron chi connectivity index (χ2n) is 3.34. The maximum atomic E-state index is 11.0. The SMILES string of the molecule is O=C(O)c1nnc2c3ccsc3cccc1-2. The van der Waals surface area contributed by atoms with Crippen LogP contribution in [0.4, 0.5) is 0 Å². The van der Waals surface area contributed by atoms with E-state index in [9.17, 15) is 4.79 Å². The molecule has 0 saturated heterocycles. The molecule has 1 aromatic heterocycles. The van der Waals surface area contributed by atoms with Gasteiger partial charge in [-0.15, -0.1) is 21.5 Å². The number of aromatic carboxylic acids is 1. The van der Waals surface area contributed by atoms with Gasteiger partial charge in [-0.25, -0.2) is 4.79 Å². The molecule has 0 bridgehead atoms. The summed E-state index contributed by atoms with van der Waals surface area (Å²) >= 11 is 1.60. The van der Waals surface area contributed by atoms with Crippen molar-refractivity contribution < 1.29 is 9.90 Å². The Bertz CT molecular complexity index is 662. The maximum absolute atomic E-state index is 11.0. The summed E-state index contributed by atoms with van der Waals surface area (Å²) < 4.78 is 1.08. The fourth-order valence-corrected chi connectivity index (χ4v) is 2.51. The molecule has 0 spiro atoms. The Morgan fingerprint density at radius 1 is 1.25 bits per heavy atom. The standard InChI is InChI=1S/C11H6N2O2S/c14-11(15)10-7-2-1-3-8-6(4-5-16-8)9(7)12-13-10/h1-5H,(H,14,15). The Balaban J connectivity index is 2.43. The maximum Gasteiger partial charge on any atom is 0.357 e. The highest BCUT2D eigenvalue weighted by molar-refractivity contribution is 7.17. The van der Waals surface area contributed by atoms with Crippen molar-refractivity contribution in [2.75, 3.05) is 0 Å². The number of carboxylic acid groups (broad SMARTS) is 1. The van der Waals surface area contributed by atoms with E-state index in [4.69, 9.17) is 5.11 Å². The zero-order valence-electron chi connectivity index (χ0n) is 8.04. The van der Waals surface area contributed by atoms with Crippen LogP contribution in [-0.2, 0) is 0 Å². The van der Waals surface area contributed by atoms with Crippen LogP contribution in [0.1, 0.15) is 10.5 Å². The van der Waals surface area contributed by atoms with E-state index in [1.54, 1.807) is 17.4 Å². The highest BCUT2D eigenvalue weighted by atomic mass is 32.1. The first-order valence-electron chi connectivity index (χ1n) is 4.63. The predicted molar refractivity (Wildman–Crippen MR) is 61.0 cm³/mol. The van der Waals surface area contributed by atoms with Crippen LogP contribution in [0.2, 0.25) is 0 Å². The summed E-state index contributed by atoms with van der Waals surface area (Å²) in [6, 6.07) is 7.46. The molecule has 0 radical (unpaired) electrons. The molecule has 1 aliphatic heterocycles. The normalized spacial score (nSPS) is 11.0. The first-order valence-corrected chi connectivity index (χ1v) is 5.51. The van der Waals surface area contributed by atoms with Crippen LogP contribution in [0.5, 0.6) is 0 Å². The molecule has 2 heterocycles. The van der Waals surface area contributed by atoms with E-state index in [-0.39, 0.29) is 5.69 Å². The Morgan fingerprint density at radius 3 is 2.94 bits per heavy atom.